The van der Waals surface area contributed by atoms with Gasteiger partial charge in [0.1, 0.15) is 16.8 Å². The van der Waals surface area contributed by atoms with E-state index in [9.17, 15) is 4.79 Å². The number of rotatable bonds is 2. The van der Waals surface area contributed by atoms with Crippen LogP contribution >= 0.6 is 12.2 Å². The highest BCUT2D eigenvalue weighted by Gasteiger charge is 2.28. The first-order chi connectivity index (χ1) is 8.50. The SMILES string of the molecule is Cc1ccc(C(N)=S)c(N2CCNC(=O)C2C)n1. The molecule has 1 aliphatic rings. The van der Waals surface area contributed by atoms with Crippen molar-refractivity contribution in [3.63, 3.8) is 0 Å². The minimum absolute atomic E-state index is 0.00144. The first-order valence-electron chi connectivity index (χ1n) is 5.82. The molecule has 1 unspecified atom stereocenters. The summed E-state index contributed by atoms with van der Waals surface area (Å²) in [5, 5.41) is 2.82. The Balaban J connectivity index is 2.45. The summed E-state index contributed by atoms with van der Waals surface area (Å²) >= 11 is 5.04. The van der Waals surface area contributed by atoms with Gasteiger partial charge in [-0.3, -0.25) is 4.79 Å². The number of piperazine rings is 1. The van der Waals surface area contributed by atoms with Crippen LogP contribution in [-0.2, 0) is 4.79 Å². The average molecular weight is 264 g/mol. The molecule has 0 radical (unpaired) electrons. The van der Waals surface area contributed by atoms with Gasteiger partial charge in [0, 0.05) is 18.8 Å². The first kappa shape index (κ1) is 12.8. The zero-order valence-corrected chi connectivity index (χ0v) is 11.3. The molecule has 0 bridgehead atoms. The number of carbonyl (C=O) groups excluding carboxylic acids is 1. The molecule has 0 aliphatic carbocycles. The van der Waals surface area contributed by atoms with Crippen molar-refractivity contribution in [2.75, 3.05) is 18.0 Å². The van der Waals surface area contributed by atoms with Gasteiger partial charge in [-0.05, 0) is 26.0 Å². The van der Waals surface area contributed by atoms with E-state index < -0.39 is 0 Å². The van der Waals surface area contributed by atoms with Gasteiger partial charge in [0.2, 0.25) is 5.91 Å². The Morgan fingerprint density at radius 1 is 1.61 bits per heavy atom. The predicted octanol–water partition coefficient (Wildman–Crippen LogP) is 0.349. The van der Waals surface area contributed by atoms with Gasteiger partial charge in [0.25, 0.3) is 0 Å². The number of anilines is 1. The van der Waals surface area contributed by atoms with E-state index in [1.54, 1.807) is 0 Å². The second kappa shape index (κ2) is 4.89. The van der Waals surface area contributed by atoms with Gasteiger partial charge in [-0.25, -0.2) is 4.98 Å². The summed E-state index contributed by atoms with van der Waals surface area (Å²) in [5.74, 6) is 0.697. The smallest absolute Gasteiger partial charge is 0.242 e. The van der Waals surface area contributed by atoms with Crippen molar-refractivity contribution in [1.82, 2.24) is 10.3 Å². The normalized spacial score (nSPS) is 19.6. The van der Waals surface area contributed by atoms with Crippen molar-refractivity contribution in [1.29, 1.82) is 0 Å². The maximum atomic E-state index is 11.7. The van der Waals surface area contributed by atoms with E-state index in [4.69, 9.17) is 18.0 Å². The molecule has 1 atom stereocenters. The maximum Gasteiger partial charge on any atom is 0.242 e. The lowest BCUT2D eigenvalue weighted by Gasteiger charge is -2.34. The van der Waals surface area contributed by atoms with E-state index in [0.717, 1.165) is 11.3 Å². The Labute approximate surface area is 111 Å². The molecule has 2 rings (SSSR count). The Hall–Kier alpha value is -1.69. The molecule has 3 N–H and O–H groups in total. The van der Waals surface area contributed by atoms with Crippen LogP contribution in [0.1, 0.15) is 18.2 Å². The van der Waals surface area contributed by atoms with Crippen molar-refractivity contribution in [2.24, 2.45) is 5.73 Å². The summed E-state index contributed by atoms with van der Waals surface area (Å²) < 4.78 is 0. The van der Waals surface area contributed by atoms with Gasteiger partial charge in [0.15, 0.2) is 0 Å². The minimum Gasteiger partial charge on any atom is -0.389 e. The zero-order valence-electron chi connectivity index (χ0n) is 10.4. The third-order valence-corrected chi connectivity index (χ3v) is 3.27. The summed E-state index contributed by atoms with van der Waals surface area (Å²) in [6.07, 6.45) is 0. The van der Waals surface area contributed by atoms with Crippen molar-refractivity contribution >= 4 is 28.9 Å². The van der Waals surface area contributed by atoms with Crippen LogP contribution in [-0.4, -0.2) is 35.0 Å². The van der Waals surface area contributed by atoms with Crippen LogP contribution in [0.3, 0.4) is 0 Å². The van der Waals surface area contributed by atoms with Crippen LogP contribution in [0.15, 0.2) is 12.1 Å². The third kappa shape index (κ3) is 2.28. The highest BCUT2D eigenvalue weighted by atomic mass is 32.1. The van der Waals surface area contributed by atoms with Crippen LogP contribution in [0.2, 0.25) is 0 Å². The van der Waals surface area contributed by atoms with Crippen LogP contribution in [0, 0.1) is 6.92 Å². The number of amides is 1. The van der Waals surface area contributed by atoms with E-state index in [1.165, 1.54) is 0 Å². The number of hydrogen-bond donors (Lipinski definition) is 2. The Bertz CT molecular complexity index is 503. The minimum atomic E-state index is -0.263. The van der Waals surface area contributed by atoms with Gasteiger partial charge >= 0.3 is 0 Å². The van der Waals surface area contributed by atoms with E-state index in [-0.39, 0.29) is 11.9 Å². The van der Waals surface area contributed by atoms with Crippen LogP contribution in [0.5, 0.6) is 0 Å². The molecule has 18 heavy (non-hydrogen) atoms. The van der Waals surface area contributed by atoms with Gasteiger partial charge in [-0.15, -0.1) is 0 Å². The highest BCUT2D eigenvalue weighted by Crippen LogP contribution is 2.22. The molecule has 0 spiro atoms. The predicted molar refractivity (Wildman–Crippen MR) is 74.7 cm³/mol. The van der Waals surface area contributed by atoms with E-state index in [0.29, 0.717) is 23.9 Å². The third-order valence-electron chi connectivity index (χ3n) is 3.05. The molecular formula is C12H16N4OS. The Kier molecular flexibility index (Phi) is 3.47. The van der Waals surface area contributed by atoms with Crippen LogP contribution in [0.25, 0.3) is 0 Å². The largest absolute Gasteiger partial charge is 0.389 e. The molecule has 0 saturated carbocycles. The Morgan fingerprint density at radius 3 is 3.00 bits per heavy atom. The molecule has 6 heteroatoms. The summed E-state index contributed by atoms with van der Waals surface area (Å²) in [6.45, 7) is 5.07. The fourth-order valence-electron chi connectivity index (χ4n) is 2.03. The second-order valence-electron chi connectivity index (χ2n) is 4.35. The molecule has 0 aromatic carbocycles. The van der Waals surface area contributed by atoms with Gasteiger partial charge in [0.05, 0.1) is 5.56 Å². The van der Waals surface area contributed by atoms with E-state index >= 15 is 0 Å². The standard InChI is InChI=1S/C12H16N4OS/c1-7-3-4-9(10(13)18)11(15-7)16-6-5-14-12(17)8(16)2/h3-4,8H,5-6H2,1-2H3,(H2,13,18)(H,14,17). The molecule has 1 saturated heterocycles. The van der Waals surface area contributed by atoms with Crippen molar-refractivity contribution in [3.8, 4) is 0 Å². The van der Waals surface area contributed by atoms with Crippen LogP contribution < -0.4 is 16.0 Å². The molecule has 1 aromatic rings. The fraction of sp³-hybridized carbons (Fsp3) is 0.417. The molecule has 1 aromatic heterocycles. The van der Waals surface area contributed by atoms with Gasteiger partial charge in [-0.1, -0.05) is 12.2 Å². The number of thiocarbonyl (C=S) groups is 1. The van der Waals surface area contributed by atoms with E-state index in [2.05, 4.69) is 10.3 Å². The molecule has 5 nitrogen and oxygen atoms in total. The number of nitrogens with one attached hydrogen (secondary N) is 1. The molecule has 1 fully saturated rings. The van der Waals surface area contributed by atoms with Crippen molar-refractivity contribution < 1.29 is 4.79 Å². The molecule has 1 amide bonds. The Morgan fingerprint density at radius 2 is 2.33 bits per heavy atom. The molecular weight excluding hydrogens is 248 g/mol. The lowest BCUT2D eigenvalue weighted by atomic mass is 10.1. The molecule has 1 aliphatic heterocycles. The zero-order chi connectivity index (χ0) is 13.3. The van der Waals surface area contributed by atoms with Crippen molar-refractivity contribution in [3.05, 3.63) is 23.4 Å². The lowest BCUT2D eigenvalue weighted by molar-refractivity contribution is -0.122. The number of carbonyl (C=O) groups is 1. The highest BCUT2D eigenvalue weighted by molar-refractivity contribution is 7.80. The topological polar surface area (TPSA) is 71.2 Å². The summed E-state index contributed by atoms with van der Waals surface area (Å²) in [4.78, 5) is 18.4. The van der Waals surface area contributed by atoms with Crippen molar-refractivity contribution in [2.45, 2.75) is 19.9 Å². The summed E-state index contributed by atoms with van der Waals surface area (Å²) in [6, 6.07) is 3.47. The second-order valence-corrected chi connectivity index (χ2v) is 4.79. The number of aromatic nitrogens is 1. The molecule has 2 heterocycles. The summed E-state index contributed by atoms with van der Waals surface area (Å²) in [7, 11) is 0. The number of pyridine rings is 1. The number of hydrogen-bond acceptors (Lipinski definition) is 4. The van der Waals surface area contributed by atoms with Gasteiger partial charge in [-0.2, -0.15) is 0 Å². The fourth-order valence-corrected chi connectivity index (χ4v) is 2.19. The first-order valence-corrected chi connectivity index (χ1v) is 6.23. The lowest BCUT2D eigenvalue weighted by Crippen LogP contribution is -2.54. The van der Waals surface area contributed by atoms with E-state index in [1.807, 2.05) is 30.9 Å². The number of nitrogens with zero attached hydrogens (tertiary/aromatic N) is 2. The van der Waals surface area contributed by atoms with Crippen LogP contribution in [0.4, 0.5) is 5.82 Å². The number of nitrogens with two attached hydrogens (primary N) is 1. The number of aryl methyl sites for hydroxylation is 1. The monoisotopic (exact) mass is 264 g/mol. The summed E-state index contributed by atoms with van der Waals surface area (Å²) in [5.41, 5.74) is 7.31. The maximum absolute atomic E-state index is 11.7. The van der Waals surface area contributed by atoms with Gasteiger partial charge < -0.3 is 16.0 Å². The molecule has 96 valence electrons. The quantitative estimate of drug-likeness (QED) is 0.754. The average Bonchev–Trinajstić information content (AvgIpc) is 2.32.